The van der Waals surface area contributed by atoms with Crippen molar-refractivity contribution in [1.29, 1.82) is 0 Å². The fourth-order valence-corrected chi connectivity index (χ4v) is 9.73. The van der Waals surface area contributed by atoms with E-state index >= 15 is 0 Å². The summed E-state index contributed by atoms with van der Waals surface area (Å²) in [5, 5.41) is 6.49. The quantitative estimate of drug-likeness (QED) is 0.149. The third kappa shape index (κ3) is 6.66. The zero-order chi connectivity index (χ0) is 37.4. The van der Waals surface area contributed by atoms with E-state index in [4.69, 9.17) is 4.99 Å². The van der Waals surface area contributed by atoms with Crippen LogP contribution in [0.2, 0.25) is 0 Å². The van der Waals surface area contributed by atoms with E-state index in [1.807, 2.05) is 11.3 Å². The van der Waals surface area contributed by atoms with Crippen LogP contribution in [0.25, 0.3) is 42.4 Å². The van der Waals surface area contributed by atoms with Gasteiger partial charge >= 0.3 is 0 Å². The number of nitrogens with zero attached hydrogens (tertiary/aromatic N) is 2. The van der Waals surface area contributed by atoms with Gasteiger partial charge in [-0.1, -0.05) is 147 Å². The summed E-state index contributed by atoms with van der Waals surface area (Å²) in [5.74, 6) is 0.806. The zero-order valence-corrected chi connectivity index (χ0v) is 32.2. The van der Waals surface area contributed by atoms with Crippen LogP contribution in [0.3, 0.4) is 0 Å². The highest BCUT2D eigenvalue weighted by Crippen LogP contribution is 2.49. The summed E-state index contributed by atoms with van der Waals surface area (Å²) in [4.78, 5) is 7.68. The summed E-state index contributed by atoms with van der Waals surface area (Å²) < 4.78 is 2.68. The van der Waals surface area contributed by atoms with Crippen molar-refractivity contribution >= 4 is 49.1 Å². The number of anilines is 2. The molecule has 0 spiro atoms. The van der Waals surface area contributed by atoms with E-state index in [1.165, 1.54) is 70.5 Å². The average molecular weight is 742 g/mol. The second-order valence-corrected chi connectivity index (χ2v) is 16.4. The molecule has 56 heavy (non-hydrogen) atoms. The van der Waals surface area contributed by atoms with Crippen LogP contribution in [0, 0.1) is 5.92 Å². The molecule has 0 fully saturated rings. The summed E-state index contributed by atoms with van der Waals surface area (Å²) in [5.41, 5.74) is 12.4. The number of hydrogen-bond donors (Lipinski definition) is 1. The van der Waals surface area contributed by atoms with Gasteiger partial charge in [0, 0.05) is 50.2 Å². The van der Waals surface area contributed by atoms with Crippen molar-refractivity contribution in [3.05, 3.63) is 204 Å². The average Bonchev–Trinajstić information content (AvgIpc) is 3.79. The van der Waals surface area contributed by atoms with E-state index in [9.17, 15) is 0 Å². The van der Waals surface area contributed by atoms with Crippen molar-refractivity contribution in [3.63, 3.8) is 0 Å². The molecule has 0 radical (unpaired) electrons. The monoisotopic (exact) mass is 741 g/mol. The Bertz CT molecular complexity index is 2710. The lowest BCUT2D eigenvalue weighted by Gasteiger charge is -2.29. The molecule has 10 rings (SSSR count). The Morgan fingerprint density at radius 2 is 1.46 bits per heavy atom. The van der Waals surface area contributed by atoms with Gasteiger partial charge in [0.25, 0.3) is 0 Å². The molecule has 0 saturated carbocycles. The largest absolute Gasteiger partial charge is 0.333 e. The normalized spacial score (nSPS) is 19.1. The number of fused-ring (bicyclic) bond motifs is 6. The Balaban J connectivity index is 0.936. The van der Waals surface area contributed by atoms with Crippen molar-refractivity contribution in [3.8, 4) is 22.3 Å². The molecule has 3 nitrogen and oxygen atoms in total. The molecule has 2 heterocycles. The summed E-state index contributed by atoms with van der Waals surface area (Å²) >= 11 is 1.87. The van der Waals surface area contributed by atoms with Crippen molar-refractivity contribution in [1.82, 2.24) is 5.32 Å². The highest BCUT2D eigenvalue weighted by Gasteiger charge is 2.37. The van der Waals surface area contributed by atoms with Gasteiger partial charge in [-0.15, -0.1) is 11.3 Å². The Hall–Kier alpha value is -6.07. The van der Waals surface area contributed by atoms with Crippen molar-refractivity contribution in [2.24, 2.45) is 10.9 Å². The molecule has 0 bridgehead atoms. The highest BCUT2D eigenvalue weighted by atomic mass is 32.1. The fourth-order valence-electron chi connectivity index (χ4n) is 8.65. The predicted molar refractivity (Wildman–Crippen MR) is 239 cm³/mol. The SMILES string of the molecule is CC1C=CC=C(C=NC(NCc2cccc(N3c4ccc(-c5ccc6sc7ccccc7c6c5)cc4C4C=CC=CC43)c2)c2ccc(-c3ccccc3)cc2)C1. The summed E-state index contributed by atoms with van der Waals surface area (Å²) in [6.45, 7) is 2.95. The van der Waals surface area contributed by atoms with Gasteiger partial charge in [0.05, 0.1) is 6.04 Å². The molecule has 4 unspecified atom stereocenters. The first kappa shape index (κ1) is 34.4. The van der Waals surface area contributed by atoms with Gasteiger partial charge in [0.15, 0.2) is 0 Å². The minimum Gasteiger partial charge on any atom is -0.333 e. The van der Waals surface area contributed by atoms with E-state index in [2.05, 4.69) is 205 Å². The van der Waals surface area contributed by atoms with Gasteiger partial charge in [-0.2, -0.15) is 0 Å². The maximum atomic E-state index is 5.15. The molecule has 1 aliphatic heterocycles. The van der Waals surface area contributed by atoms with E-state index in [0.717, 1.165) is 12.0 Å². The molecule has 4 heteroatoms. The van der Waals surface area contributed by atoms with Crippen LogP contribution in [0.4, 0.5) is 11.4 Å². The predicted octanol–water partition coefficient (Wildman–Crippen LogP) is 13.5. The van der Waals surface area contributed by atoms with E-state index in [1.54, 1.807) is 0 Å². The molecule has 0 amide bonds. The molecule has 6 aromatic carbocycles. The highest BCUT2D eigenvalue weighted by molar-refractivity contribution is 7.25. The van der Waals surface area contributed by atoms with Crippen LogP contribution in [-0.2, 0) is 6.54 Å². The first-order valence-electron chi connectivity index (χ1n) is 19.7. The first-order valence-corrected chi connectivity index (χ1v) is 20.5. The third-order valence-corrected chi connectivity index (χ3v) is 12.6. The zero-order valence-electron chi connectivity index (χ0n) is 31.4. The minimum absolute atomic E-state index is 0.182. The van der Waals surface area contributed by atoms with Gasteiger partial charge < -0.3 is 4.90 Å². The first-order chi connectivity index (χ1) is 27.6. The maximum absolute atomic E-state index is 5.15. The Morgan fingerprint density at radius 1 is 0.696 bits per heavy atom. The van der Waals surface area contributed by atoms with E-state index < -0.39 is 0 Å². The van der Waals surface area contributed by atoms with Gasteiger partial charge in [-0.3, -0.25) is 10.3 Å². The molecule has 272 valence electrons. The molecule has 0 saturated heterocycles. The van der Waals surface area contributed by atoms with Gasteiger partial charge in [-0.05, 0) is 99.3 Å². The molecule has 1 aromatic heterocycles. The van der Waals surface area contributed by atoms with Crippen molar-refractivity contribution in [2.45, 2.75) is 38.0 Å². The molecule has 4 atom stereocenters. The van der Waals surface area contributed by atoms with E-state index in [-0.39, 0.29) is 18.1 Å². The lowest BCUT2D eigenvalue weighted by atomic mass is 9.89. The van der Waals surface area contributed by atoms with Crippen LogP contribution in [0.5, 0.6) is 0 Å². The summed E-state index contributed by atoms with van der Waals surface area (Å²) in [6.07, 6.45) is 18.6. The summed E-state index contributed by atoms with van der Waals surface area (Å²) in [6, 6.07) is 51.4. The second-order valence-electron chi connectivity index (χ2n) is 15.3. The molecular weight excluding hydrogens is 699 g/mol. The summed E-state index contributed by atoms with van der Waals surface area (Å²) in [7, 11) is 0. The molecule has 3 aliphatic rings. The van der Waals surface area contributed by atoms with E-state index in [0.29, 0.717) is 12.5 Å². The number of rotatable bonds is 9. The van der Waals surface area contributed by atoms with Crippen LogP contribution in [-0.4, -0.2) is 12.3 Å². The lowest BCUT2D eigenvalue weighted by Crippen LogP contribution is -2.28. The van der Waals surface area contributed by atoms with Crippen LogP contribution in [0.15, 0.2) is 193 Å². The molecule has 2 aliphatic carbocycles. The molecule has 1 N–H and O–H groups in total. The standard InChI is InChI=1S/C52H43N3S/c1-35-11-9-12-36(29-35)33-53-52(40-23-21-39(22-24-40)38-14-3-2-4-15-38)54-34-37-13-10-16-43(30-37)55-48-19-7-5-17-44(48)46-31-41(25-27-49(46)55)42-26-28-51-47(32-42)45-18-6-8-20-50(45)56-51/h2-28,30-33,35,44,48,52,54H,29,34H2,1H3. The van der Waals surface area contributed by atoms with Crippen LogP contribution >= 0.6 is 11.3 Å². The maximum Gasteiger partial charge on any atom is 0.125 e. The third-order valence-electron chi connectivity index (χ3n) is 11.5. The minimum atomic E-state index is -0.182. The fraction of sp³-hybridized carbons (Fsp3) is 0.135. The Labute approximate surface area is 333 Å². The Kier molecular flexibility index (Phi) is 9.14. The Morgan fingerprint density at radius 3 is 2.36 bits per heavy atom. The van der Waals surface area contributed by atoms with Crippen molar-refractivity contribution < 1.29 is 0 Å². The second kappa shape index (κ2) is 14.9. The van der Waals surface area contributed by atoms with Gasteiger partial charge in [0.2, 0.25) is 0 Å². The van der Waals surface area contributed by atoms with Crippen LogP contribution in [0.1, 0.15) is 42.1 Å². The topological polar surface area (TPSA) is 27.6 Å². The number of nitrogens with one attached hydrogen (secondary N) is 1. The van der Waals surface area contributed by atoms with Crippen molar-refractivity contribution in [2.75, 3.05) is 4.90 Å². The molecular formula is C52H43N3S. The number of hydrogen-bond acceptors (Lipinski definition) is 4. The van der Waals surface area contributed by atoms with Crippen LogP contribution < -0.4 is 10.2 Å². The smallest absolute Gasteiger partial charge is 0.125 e. The number of allylic oxidation sites excluding steroid dienone is 6. The number of aliphatic imine (C=N–C) groups is 1. The lowest BCUT2D eigenvalue weighted by molar-refractivity contribution is 0.556. The number of benzene rings is 6. The van der Waals surface area contributed by atoms with Gasteiger partial charge in [0.1, 0.15) is 6.17 Å². The molecule has 7 aromatic rings. The van der Waals surface area contributed by atoms with Gasteiger partial charge in [-0.25, -0.2) is 0 Å². The number of thiophene rings is 1.